The maximum Gasteiger partial charge on any atom is 0.336 e. The Morgan fingerprint density at radius 1 is 0.579 bits per heavy atom. The molecule has 0 spiro atoms. The van der Waals surface area contributed by atoms with Crippen molar-refractivity contribution in [3.05, 3.63) is 93.5 Å². The van der Waals surface area contributed by atoms with Crippen molar-refractivity contribution in [3.63, 3.8) is 0 Å². The quantitative estimate of drug-likeness (QED) is 0.212. The lowest BCUT2D eigenvalue weighted by molar-refractivity contribution is 0.0677. The minimum absolute atomic E-state index is 0.0104. The highest BCUT2D eigenvalue weighted by Gasteiger charge is 2.28. The summed E-state index contributed by atoms with van der Waals surface area (Å²) in [5.41, 5.74) is -0.765. The van der Waals surface area contributed by atoms with Gasteiger partial charge in [-0.25, -0.2) is 24.2 Å². The average molecular weight is 553 g/mol. The Hall–Kier alpha value is -4.80. The van der Waals surface area contributed by atoms with Crippen LogP contribution in [-0.2, 0) is 0 Å². The van der Waals surface area contributed by atoms with E-state index in [1.165, 1.54) is 36.7 Å². The van der Waals surface area contributed by atoms with Gasteiger partial charge in [0.05, 0.1) is 22.3 Å². The second kappa shape index (κ2) is 10.3. The number of carboxylic acids is 4. The van der Waals surface area contributed by atoms with Gasteiger partial charge in [-0.3, -0.25) is 4.98 Å². The van der Waals surface area contributed by atoms with Gasteiger partial charge in [0.25, 0.3) is 0 Å². The summed E-state index contributed by atoms with van der Waals surface area (Å²) >= 11 is 13.0. The third-order valence-corrected chi connectivity index (χ3v) is 6.16. The van der Waals surface area contributed by atoms with Gasteiger partial charge in [-0.2, -0.15) is 0 Å². The smallest absolute Gasteiger partial charge is 0.336 e. The summed E-state index contributed by atoms with van der Waals surface area (Å²) in [7, 11) is 0. The molecule has 38 heavy (non-hydrogen) atoms. The highest BCUT2D eigenvalue weighted by molar-refractivity contribution is 6.38. The van der Waals surface area contributed by atoms with Crippen LogP contribution in [0.25, 0.3) is 33.4 Å². The van der Waals surface area contributed by atoms with Gasteiger partial charge in [0.1, 0.15) is 10.3 Å². The highest BCUT2D eigenvalue weighted by Crippen LogP contribution is 2.47. The Morgan fingerprint density at radius 2 is 1.00 bits per heavy atom. The lowest BCUT2D eigenvalue weighted by atomic mass is 9.86. The van der Waals surface area contributed by atoms with Crippen LogP contribution in [-0.4, -0.2) is 54.3 Å². The van der Waals surface area contributed by atoms with Gasteiger partial charge in [0.15, 0.2) is 0 Å². The molecule has 0 fully saturated rings. The molecular weight excluding hydrogens is 539 g/mol. The zero-order valence-electron chi connectivity index (χ0n) is 18.8. The first-order chi connectivity index (χ1) is 18.0. The van der Waals surface area contributed by atoms with Gasteiger partial charge in [0, 0.05) is 29.1 Å². The summed E-state index contributed by atoms with van der Waals surface area (Å²) in [4.78, 5) is 55.4. The third-order valence-electron chi connectivity index (χ3n) is 5.61. The van der Waals surface area contributed by atoms with Crippen molar-refractivity contribution < 1.29 is 39.6 Å². The molecule has 0 bridgehead atoms. The molecule has 4 aromatic rings. The number of aromatic nitrogens is 2. The number of nitrogens with zero attached hydrogens (tertiary/aromatic N) is 2. The van der Waals surface area contributed by atoms with E-state index >= 15 is 0 Å². The standard InChI is InChI=1S/C26H14Cl2N2O8/c27-21-19(14-3-1-12(23(31)32)9-16(14)25(35)36)18(11-5-7-29-8-6-11)20(22(28)30-21)15-4-2-13(24(33)34)10-17(15)26(37)38/h1-10H,(H,31,32)(H,33,34)(H,35,36)(H,37,38). The third kappa shape index (κ3) is 4.77. The molecule has 12 heteroatoms. The molecule has 0 aliphatic carbocycles. The lowest BCUT2D eigenvalue weighted by Gasteiger charge is -2.20. The topological polar surface area (TPSA) is 175 Å². The number of halogens is 2. The fourth-order valence-corrected chi connectivity index (χ4v) is 4.58. The van der Waals surface area contributed by atoms with E-state index in [4.69, 9.17) is 23.2 Å². The molecule has 0 saturated heterocycles. The van der Waals surface area contributed by atoms with Crippen LogP contribution in [0.1, 0.15) is 41.4 Å². The van der Waals surface area contributed by atoms with E-state index in [1.54, 1.807) is 12.1 Å². The van der Waals surface area contributed by atoms with Crippen molar-refractivity contribution in [2.75, 3.05) is 0 Å². The van der Waals surface area contributed by atoms with E-state index in [2.05, 4.69) is 9.97 Å². The van der Waals surface area contributed by atoms with Crippen LogP contribution in [0.2, 0.25) is 10.3 Å². The molecule has 4 N–H and O–H groups in total. The van der Waals surface area contributed by atoms with Gasteiger partial charge in [0.2, 0.25) is 0 Å². The van der Waals surface area contributed by atoms with Crippen molar-refractivity contribution >= 4 is 47.1 Å². The fraction of sp³-hybridized carbons (Fsp3) is 0. The van der Waals surface area contributed by atoms with Crippen molar-refractivity contribution in [1.29, 1.82) is 0 Å². The summed E-state index contributed by atoms with van der Waals surface area (Å²) in [6, 6.07) is 9.91. The van der Waals surface area contributed by atoms with Crippen molar-refractivity contribution in [2.45, 2.75) is 0 Å². The van der Waals surface area contributed by atoms with Gasteiger partial charge >= 0.3 is 23.9 Å². The number of carbonyl (C=O) groups is 4. The normalized spacial score (nSPS) is 10.7. The first-order valence-corrected chi connectivity index (χ1v) is 11.3. The Labute approximate surface area is 223 Å². The molecule has 0 unspecified atom stereocenters. The summed E-state index contributed by atoms with van der Waals surface area (Å²) in [6.07, 6.45) is 2.87. The van der Waals surface area contributed by atoms with E-state index in [-0.39, 0.29) is 49.3 Å². The molecule has 0 radical (unpaired) electrons. The van der Waals surface area contributed by atoms with Crippen LogP contribution >= 0.6 is 23.2 Å². The van der Waals surface area contributed by atoms with E-state index < -0.39 is 35.0 Å². The minimum Gasteiger partial charge on any atom is -0.478 e. The molecule has 2 aromatic heterocycles. The van der Waals surface area contributed by atoms with Gasteiger partial charge in [-0.05, 0) is 53.1 Å². The highest BCUT2D eigenvalue weighted by atomic mass is 35.5. The Bertz CT molecular complexity index is 1560. The van der Waals surface area contributed by atoms with Gasteiger partial charge < -0.3 is 20.4 Å². The van der Waals surface area contributed by atoms with Crippen LogP contribution in [0.4, 0.5) is 0 Å². The summed E-state index contributed by atoms with van der Waals surface area (Å²) in [6.45, 7) is 0. The first-order valence-electron chi connectivity index (χ1n) is 10.5. The number of aromatic carboxylic acids is 4. The summed E-state index contributed by atoms with van der Waals surface area (Å²) in [5.74, 6) is -5.60. The molecule has 10 nitrogen and oxygen atoms in total. The molecule has 0 aliphatic heterocycles. The number of hydrogen-bond donors (Lipinski definition) is 4. The second-order valence-electron chi connectivity index (χ2n) is 7.80. The van der Waals surface area contributed by atoms with Crippen molar-refractivity contribution in [3.8, 4) is 33.4 Å². The maximum atomic E-state index is 12.2. The van der Waals surface area contributed by atoms with Crippen LogP contribution in [0.15, 0.2) is 60.9 Å². The zero-order valence-corrected chi connectivity index (χ0v) is 20.4. The van der Waals surface area contributed by atoms with Crippen molar-refractivity contribution in [2.24, 2.45) is 0 Å². The molecule has 2 aromatic carbocycles. The lowest BCUT2D eigenvalue weighted by Crippen LogP contribution is -2.08. The number of hydrogen-bond acceptors (Lipinski definition) is 6. The second-order valence-corrected chi connectivity index (χ2v) is 8.51. The number of pyridine rings is 2. The largest absolute Gasteiger partial charge is 0.478 e. The molecule has 0 saturated carbocycles. The summed E-state index contributed by atoms with van der Waals surface area (Å²) < 4.78 is 0. The molecule has 4 rings (SSSR count). The predicted octanol–water partition coefficient (Wildman–Crippen LogP) is 5.58. The van der Waals surface area contributed by atoms with Crippen LogP contribution < -0.4 is 0 Å². The Kier molecular flexibility index (Phi) is 7.11. The van der Waals surface area contributed by atoms with Gasteiger partial charge in [-0.1, -0.05) is 35.3 Å². The molecule has 2 heterocycles. The minimum atomic E-state index is -1.45. The predicted molar refractivity (Wildman–Crippen MR) is 136 cm³/mol. The Morgan fingerprint density at radius 3 is 1.37 bits per heavy atom. The van der Waals surface area contributed by atoms with Crippen LogP contribution in [0.5, 0.6) is 0 Å². The average Bonchev–Trinajstić information content (AvgIpc) is 2.88. The fourth-order valence-electron chi connectivity index (χ4n) is 3.97. The SMILES string of the molecule is O=C(O)c1ccc(-c2c(Cl)nc(Cl)c(-c3ccc(C(=O)O)cc3C(=O)O)c2-c2ccncc2)c(C(=O)O)c1. The zero-order chi connectivity index (χ0) is 27.7. The molecular formula is C26H14Cl2N2O8. The molecule has 0 aliphatic rings. The first kappa shape index (κ1) is 26.3. The summed E-state index contributed by atoms with van der Waals surface area (Å²) in [5, 5.41) is 38.0. The molecule has 0 atom stereocenters. The molecule has 0 amide bonds. The molecule has 190 valence electrons. The van der Waals surface area contributed by atoms with E-state index in [9.17, 15) is 39.6 Å². The number of rotatable bonds is 7. The van der Waals surface area contributed by atoms with Crippen molar-refractivity contribution in [1.82, 2.24) is 9.97 Å². The Balaban J connectivity index is 2.20. The number of benzene rings is 2. The van der Waals surface area contributed by atoms with E-state index in [1.807, 2.05) is 0 Å². The maximum absolute atomic E-state index is 12.2. The van der Waals surface area contributed by atoms with E-state index in [0.29, 0.717) is 5.56 Å². The monoisotopic (exact) mass is 552 g/mol. The van der Waals surface area contributed by atoms with Gasteiger partial charge in [-0.15, -0.1) is 0 Å². The number of carboxylic acid groups (broad SMARTS) is 4. The van der Waals surface area contributed by atoms with E-state index in [0.717, 1.165) is 12.1 Å². The van der Waals surface area contributed by atoms with Crippen LogP contribution in [0.3, 0.4) is 0 Å². The van der Waals surface area contributed by atoms with Crippen LogP contribution in [0, 0.1) is 0 Å².